The number of benzene rings is 2. The van der Waals surface area contributed by atoms with Crippen molar-refractivity contribution in [3.05, 3.63) is 59.4 Å². The quantitative estimate of drug-likeness (QED) is 0.577. The van der Waals surface area contributed by atoms with Gasteiger partial charge in [-0.2, -0.15) is 0 Å². The number of piperidine rings is 1. The Morgan fingerprint density at radius 3 is 2.79 bits per heavy atom. The summed E-state index contributed by atoms with van der Waals surface area (Å²) in [4.78, 5) is 14.9. The molecule has 6 nitrogen and oxygen atoms in total. The van der Waals surface area contributed by atoms with E-state index in [0.29, 0.717) is 0 Å². The van der Waals surface area contributed by atoms with Crippen molar-refractivity contribution in [1.82, 2.24) is 10.2 Å². The molecule has 0 bridgehead atoms. The average molecular weight is 449 g/mol. The molecule has 1 amide bonds. The second-order valence-corrected chi connectivity index (χ2v) is 9.09. The highest BCUT2D eigenvalue weighted by molar-refractivity contribution is 5.84. The largest absolute Gasteiger partial charge is 0.496 e. The van der Waals surface area contributed by atoms with Crippen LogP contribution in [0.15, 0.2) is 46.9 Å². The van der Waals surface area contributed by atoms with Crippen LogP contribution >= 0.6 is 0 Å². The summed E-state index contributed by atoms with van der Waals surface area (Å²) in [6.07, 6.45) is 6.34. The van der Waals surface area contributed by atoms with Gasteiger partial charge >= 0.3 is 0 Å². The third kappa shape index (κ3) is 5.01. The van der Waals surface area contributed by atoms with E-state index in [2.05, 4.69) is 16.3 Å². The van der Waals surface area contributed by atoms with Gasteiger partial charge in [0.25, 0.3) is 5.91 Å². The van der Waals surface area contributed by atoms with Gasteiger partial charge in [-0.05, 0) is 56.4 Å². The van der Waals surface area contributed by atoms with E-state index in [1.807, 2.05) is 36.4 Å². The van der Waals surface area contributed by atoms with Crippen LogP contribution in [0.4, 0.5) is 0 Å². The number of nitrogens with one attached hydrogen (secondary N) is 1. The topological polar surface area (TPSA) is 63.9 Å². The molecule has 1 aromatic heterocycles. The molecule has 174 valence electrons. The Labute approximate surface area is 194 Å². The van der Waals surface area contributed by atoms with Crippen LogP contribution in [-0.2, 0) is 24.2 Å². The highest BCUT2D eigenvalue weighted by Crippen LogP contribution is 2.34. The molecular weight excluding hydrogens is 416 g/mol. The molecule has 0 saturated carbocycles. The molecule has 1 aliphatic heterocycles. The number of ether oxygens (including phenoxy) is 2. The smallest absolute Gasteiger partial charge is 0.258 e. The first-order valence-electron chi connectivity index (χ1n) is 12.0. The Hall–Kier alpha value is -2.99. The summed E-state index contributed by atoms with van der Waals surface area (Å²) < 4.78 is 17.3. The van der Waals surface area contributed by atoms with E-state index < -0.39 is 0 Å². The standard InChI is InChI=1S/C27H32N2O4/c1-31-24-8-4-2-6-19(24)17-29-14-12-20(13-15-29)28-27(30)18-32-21-10-11-26-23(16-21)22-7-3-5-9-25(22)33-26/h2,4,6,8,10-11,16,20H,3,5,7,9,12-15,17-18H2,1H3,(H,28,30). The first-order chi connectivity index (χ1) is 16.2. The van der Waals surface area contributed by atoms with Crippen molar-refractivity contribution < 1.29 is 18.7 Å². The van der Waals surface area contributed by atoms with Gasteiger partial charge in [-0.3, -0.25) is 9.69 Å². The number of furan rings is 1. The van der Waals surface area contributed by atoms with Crippen LogP contribution in [0.5, 0.6) is 11.5 Å². The van der Waals surface area contributed by atoms with Crippen LogP contribution in [0, 0.1) is 0 Å². The fourth-order valence-corrected chi connectivity index (χ4v) is 5.06. The molecule has 6 heteroatoms. The molecule has 0 unspecified atom stereocenters. The van der Waals surface area contributed by atoms with Gasteiger partial charge in [0.1, 0.15) is 22.8 Å². The van der Waals surface area contributed by atoms with Crippen molar-refractivity contribution in [1.29, 1.82) is 0 Å². The van der Waals surface area contributed by atoms with Gasteiger partial charge in [0.15, 0.2) is 6.61 Å². The molecule has 0 spiro atoms. The second-order valence-electron chi connectivity index (χ2n) is 9.09. The summed E-state index contributed by atoms with van der Waals surface area (Å²) in [5, 5.41) is 4.27. The summed E-state index contributed by atoms with van der Waals surface area (Å²) in [5.74, 6) is 2.70. The lowest BCUT2D eigenvalue weighted by atomic mass is 9.96. The fraction of sp³-hybridized carbons (Fsp3) is 0.444. The van der Waals surface area contributed by atoms with Crippen molar-refractivity contribution in [3.63, 3.8) is 0 Å². The van der Waals surface area contributed by atoms with E-state index in [0.717, 1.165) is 73.5 Å². The van der Waals surface area contributed by atoms with Crippen LogP contribution in [0.3, 0.4) is 0 Å². The first kappa shape index (κ1) is 21.8. The predicted molar refractivity (Wildman–Crippen MR) is 128 cm³/mol. The zero-order chi connectivity index (χ0) is 22.6. The van der Waals surface area contributed by atoms with Crippen molar-refractivity contribution in [2.45, 2.75) is 51.1 Å². The van der Waals surface area contributed by atoms with Crippen LogP contribution in [0.25, 0.3) is 11.0 Å². The first-order valence-corrected chi connectivity index (χ1v) is 12.0. The van der Waals surface area contributed by atoms with Gasteiger partial charge in [0.05, 0.1) is 7.11 Å². The zero-order valence-corrected chi connectivity index (χ0v) is 19.3. The number of aryl methyl sites for hydroxylation is 2. The number of methoxy groups -OCH3 is 1. The molecule has 1 aliphatic carbocycles. The van der Waals surface area contributed by atoms with Gasteiger partial charge in [-0.15, -0.1) is 0 Å². The van der Waals surface area contributed by atoms with E-state index in [1.54, 1.807) is 7.11 Å². The molecule has 1 saturated heterocycles. The number of nitrogens with zero attached hydrogens (tertiary/aromatic N) is 1. The van der Waals surface area contributed by atoms with E-state index in [-0.39, 0.29) is 18.6 Å². The average Bonchev–Trinajstić information content (AvgIpc) is 3.22. The normalized spacial score (nSPS) is 17.0. The number of hydrogen-bond acceptors (Lipinski definition) is 5. The molecular formula is C27H32N2O4. The van der Waals surface area contributed by atoms with Gasteiger partial charge in [-0.1, -0.05) is 18.2 Å². The minimum Gasteiger partial charge on any atom is -0.496 e. The molecule has 1 N–H and O–H groups in total. The van der Waals surface area contributed by atoms with Crippen molar-refractivity contribution in [2.75, 3.05) is 26.8 Å². The number of carbonyl (C=O) groups excluding carboxylic acids is 1. The summed E-state index contributed by atoms with van der Waals surface area (Å²) in [5.41, 5.74) is 3.43. The predicted octanol–water partition coefficient (Wildman–Crippen LogP) is 4.48. The summed E-state index contributed by atoms with van der Waals surface area (Å²) in [6, 6.07) is 14.2. The molecule has 0 radical (unpaired) electrons. The molecule has 1 fully saturated rings. The number of hydrogen-bond donors (Lipinski definition) is 1. The maximum Gasteiger partial charge on any atom is 0.258 e. The third-order valence-electron chi connectivity index (χ3n) is 6.84. The third-order valence-corrected chi connectivity index (χ3v) is 6.84. The molecule has 2 aliphatic rings. The number of rotatable bonds is 7. The molecule has 2 aromatic carbocycles. The number of amides is 1. The zero-order valence-electron chi connectivity index (χ0n) is 19.3. The summed E-state index contributed by atoms with van der Waals surface area (Å²) >= 11 is 0. The molecule has 2 heterocycles. The van der Waals surface area contributed by atoms with Gasteiger partial charge in [0.2, 0.25) is 0 Å². The van der Waals surface area contributed by atoms with E-state index in [4.69, 9.17) is 13.9 Å². The number of carbonyl (C=O) groups is 1. The number of likely N-dealkylation sites (tertiary alicyclic amines) is 1. The molecule has 5 rings (SSSR count). The highest BCUT2D eigenvalue weighted by Gasteiger charge is 2.22. The van der Waals surface area contributed by atoms with Gasteiger partial charge < -0.3 is 19.2 Å². The van der Waals surface area contributed by atoms with Crippen LogP contribution in [0.2, 0.25) is 0 Å². The fourth-order valence-electron chi connectivity index (χ4n) is 5.06. The number of fused-ring (bicyclic) bond motifs is 3. The Morgan fingerprint density at radius 1 is 1.12 bits per heavy atom. The Balaban J connectivity index is 1.10. The minimum atomic E-state index is -0.0625. The SMILES string of the molecule is COc1ccccc1CN1CCC(NC(=O)COc2ccc3oc4c(c3c2)CCCC4)CC1. The Morgan fingerprint density at radius 2 is 1.94 bits per heavy atom. The van der Waals surface area contributed by atoms with Crippen molar-refractivity contribution >= 4 is 16.9 Å². The molecule has 3 aromatic rings. The van der Waals surface area contributed by atoms with E-state index in [1.165, 1.54) is 24.0 Å². The molecule has 33 heavy (non-hydrogen) atoms. The summed E-state index contributed by atoms with van der Waals surface area (Å²) in [6.45, 7) is 2.80. The van der Waals surface area contributed by atoms with Crippen LogP contribution < -0.4 is 14.8 Å². The molecule has 0 atom stereocenters. The van der Waals surface area contributed by atoms with Crippen molar-refractivity contribution in [2.24, 2.45) is 0 Å². The maximum absolute atomic E-state index is 12.5. The van der Waals surface area contributed by atoms with Crippen LogP contribution in [-0.4, -0.2) is 43.7 Å². The highest BCUT2D eigenvalue weighted by atomic mass is 16.5. The second kappa shape index (κ2) is 9.87. The van der Waals surface area contributed by atoms with Gasteiger partial charge in [-0.25, -0.2) is 0 Å². The lowest BCUT2D eigenvalue weighted by Gasteiger charge is -2.32. The lowest BCUT2D eigenvalue weighted by molar-refractivity contribution is -0.124. The minimum absolute atomic E-state index is 0.0347. The van der Waals surface area contributed by atoms with Crippen LogP contribution in [0.1, 0.15) is 42.6 Å². The lowest BCUT2D eigenvalue weighted by Crippen LogP contribution is -2.45. The van der Waals surface area contributed by atoms with E-state index in [9.17, 15) is 4.79 Å². The van der Waals surface area contributed by atoms with Gasteiger partial charge in [0, 0.05) is 48.6 Å². The van der Waals surface area contributed by atoms with Crippen molar-refractivity contribution in [3.8, 4) is 11.5 Å². The monoisotopic (exact) mass is 448 g/mol. The maximum atomic E-state index is 12.5. The Bertz CT molecular complexity index is 1110. The van der Waals surface area contributed by atoms with E-state index >= 15 is 0 Å². The summed E-state index contributed by atoms with van der Waals surface area (Å²) in [7, 11) is 1.71. The Kier molecular flexibility index (Phi) is 6.53. The number of para-hydroxylation sites is 1.